The molecular weight excluding hydrogens is 354 g/mol. The molecule has 0 atom stereocenters. The van der Waals surface area contributed by atoms with Gasteiger partial charge in [0, 0.05) is 12.1 Å². The maximum absolute atomic E-state index is 11.0. The van der Waals surface area contributed by atoms with E-state index in [1.165, 1.54) is 18.2 Å². The summed E-state index contributed by atoms with van der Waals surface area (Å²) < 4.78 is 27.6. The minimum atomic E-state index is -3.67. The van der Waals surface area contributed by atoms with Crippen LogP contribution in [0.3, 0.4) is 0 Å². The number of carboxylic acid groups (broad SMARTS) is 2. The molecular formula is C15H19NO8S. The Bertz CT molecular complexity index is 723. The second-order valence-corrected chi connectivity index (χ2v) is 6.22. The summed E-state index contributed by atoms with van der Waals surface area (Å²) in [4.78, 5) is 33.0. The number of aromatic carboxylic acids is 2. The molecule has 0 spiro atoms. The van der Waals surface area contributed by atoms with Crippen molar-refractivity contribution in [2.75, 3.05) is 5.75 Å². The normalized spacial score (nSPS) is 10.2. The van der Waals surface area contributed by atoms with E-state index in [0.29, 0.717) is 6.42 Å². The first-order valence-corrected chi connectivity index (χ1v) is 8.58. The van der Waals surface area contributed by atoms with E-state index in [1.807, 2.05) is 0 Å². The molecule has 0 fully saturated rings. The highest BCUT2D eigenvalue weighted by Crippen LogP contribution is 2.15. The fourth-order valence-electron chi connectivity index (χ4n) is 1.68. The summed E-state index contributed by atoms with van der Waals surface area (Å²) in [6.45, 7) is 4.75. The van der Waals surface area contributed by atoms with E-state index in [0.717, 1.165) is 6.08 Å². The van der Waals surface area contributed by atoms with E-state index >= 15 is 0 Å². The minimum Gasteiger partial charge on any atom is -0.478 e. The van der Waals surface area contributed by atoms with E-state index in [2.05, 4.69) is 11.9 Å². The molecule has 9 nitrogen and oxygen atoms in total. The average Bonchev–Trinajstić information content (AvgIpc) is 2.51. The van der Waals surface area contributed by atoms with E-state index in [9.17, 15) is 22.8 Å². The third-order valence-corrected chi connectivity index (χ3v) is 3.65. The maximum Gasteiger partial charge on any atom is 0.336 e. The fraction of sp³-hybridized carbons (Fsp3) is 0.267. The van der Waals surface area contributed by atoms with Gasteiger partial charge in [0.1, 0.15) is 0 Å². The third-order valence-electron chi connectivity index (χ3n) is 2.72. The maximum atomic E-state index is 11.0. The van der Waals surface area contributed by atoms with Gasteiger partial charge in [-0.05, 0) is 24.6 Å². The molecule has 0 bridgehead atoms. The van der Waals surface area contributed by atoms with Crippen molar-refractivity contribution in [1.29, 1.82) is 0 Å². The lowest BCUT2D eigenvalue weighted by Crippen LogP contribution is -2.23. The molecule has 1 rings (SSSR count). The van der Waals surface area contributed by atoms with Crippen LogP contribution in [0.2, 0.25) is 0 Å². The molecule has 4 N–H and O–H groups in total. The Morgan fingerprint density at radius 1 is 1.16 bits per heavy atom. The van der Waals surface area contributed by atoms with Crippen LogP contribution < -0.4 is 5.32 Å². The van der Waals surface area contributed by atoms with Crippen LogP contribution in [-0.4, -0.2) is 46.8 Å². The largest absolute Gasteiger partial charge is 0.478 e. The summed E-state index contributed by atoms with van der Waals surface area (Å²) in [6, 6.07) is 3.90. The molecule has 0 unspecified atom stereocenters. The lowest BCUT2D eigenvalue weighted by molar-refractivity contribution is -0.116. The molecule has 0 heterocycles. The molecule has 0 saturated heterocycles. The van der Waals surface area contributed by atoms with Crippen molar-refractivity contribution in [1.82, 2.24) is 5.32 Å². The number of carboxylic acids is 2. The van der Waals surface area contributed by atoms with Gasteiger partial charge < -0.3 is 15.5 Å². The minimum absolute atomic E-state index is 0.0488. The number of benzene rings is 1. The fourth-order valence-corrected chi connectivity index (χ4v) is 2.20. The Morgan fingerprint density at radius 2 is 1.64 bits per heavy atom. The van der Waals surface area contributed by atoms with Crippen molar-refractivity contribution >= 4 is 28.0 Å². The van der Waals surface area contributed by atoms with Crippen molar-refractivity contribution < 1.29 is 37.6 Å². The summed E-state index contributed by atoms with van der Waals surface area (Å²) in [5.41, 5.74) is -0.258. The second kappa shape index (κ2) is 10.2. The highest BCUT2D eigenvalue weighted by atomic mass is 32.2. The van der Waals surface area contributed by atoms with Crippen LogP contribution in [0.5, 0.6) is 0 Å². The molecule has 1 amide bonds. The predicted octanol–water partition coefficient (Wildman–Crippen LogP) is 1.17. The van der Waals surface area contributed by atoms with Crippen LogP contribution >= 0.6 is 0 Å². The molecule has 1 aromatic rings. The van der Waals surface area contributed by atoms with Gasteiger partial charge in [-0.3, -0.25) is 9.35 Å². The number of hydrogen-bond acceptors (Lipinski definition) is 5. The van der Waals surface area contributed by atoms with Crippen molar-refractivity contribution in [2.45, 2.75) is 19.9 Å². The molecule has 0 radical (unpaired) electrons. The molecule has 25 heavy (non-hydrogen) atoms. The predicted molar refractivity (Wildman–Crippen MR) is 89.1 cm³/mol. The summed E-state index contributed by atoms with van der Waals surface area (Å²) in [5, 5.41) is 20.3. The van der Waals surface area contributed by atoms with Gasteiger partial charge >= 0.3 is 11.9 Å². The number of rotatable bonds is 7. The summed E-state index contributed by atoms with van der Waals surface area (Å²) in [7, 11) is -3.67. The lowest BCUT2D eigenvalue weighted by Gasteiger charge is -2.10. The second-order valence-electron chi connectivity index (χ2n) is 4.65. The molecule has 10 heteroatoms. The molecule has 0 aromatic heterocycles. The summed E-state index contributed by atoms with van der Waals surface area (Å²) in [6.07, 6.45) is 1.49. The monoisotopic (exact) mass is 373 g/mol. The molecule has 138 valence electrons. The summed E-state index contributed by atoms with van der Waals surface area (Å²) >= 11 is 0. The first kappa shape index (κ1) is 22.3. The van der Waals surface area contributed by atoms with Gasteiger partial charge in [-0.25, -0.2) is 9.59 Å². The van der Waals surface area contributed by atoms with Gasteiger partial charge in [0.2, 0.25) is 5.91 Å². The molecule has 0 aliphatic heterocycles. The van der Waals surface area contributed by atoms with Gasteiger partial charge in [0.25, 0.3) is 10.1 Å². The van der Waals surface area contributed by atoms with Crippen molar-refractivity contribution in [2.24, 2.45) is 0 Å². The number of carbonyl (C=O) groups is 3. The van der Waals surface area contributed by atoms with Crippen LogP contribution in [0.25, 0.3) is 0 Å². The number of hydrogen-bond donors (Lipinski definition) is 4. The average molecular weight is 373 g/mol. The van der Waals surface area contributed by atoms with Gasteiger partial charge in [0.05, 0.1) is 16.9 Å². The van der Waals surface area contributed by atoms with Crippen LogP contribution in [0.15, 0.2) is 30.9 Å². The molecule has 0 aliphatic carbocycles. The zero-order chi connectivity index (χ0) is 19.6. The van der Waals surface area contributed by atoms with E-state index in [-0.39, 0.29) is 29.0 Å². The van der Waals surface area contributed by atoms with Crippen LogP contribution in [-0.2, 0) is 21.5 Å². The lowest BCUT2D eigenvalue weighted by atomic mass is 10.0. The Labute approximate surface area is 144 Å². The first-order chi connectivity index (χ1) is 11.5. The number of carbonyl (C=O) groups excluding carboxylic acids is 1. The Kier molecular flexibility index (Phi) is 9.10. The van der Waals surface area contributed by atoms with Crippen molar-refractivity contribution in [3.05, 3.63) is 47.5 Å². The molecule has 0 aliphatic rings. The smallest absolute Gasteiger partial charge is 0.336 e. The van der Waals surface area contributed by atoms with Gasteiger partial charge in [-0.1, -0.05) is 19.6 Å². The van der Waals surface area contributed by atoms with Gasteiger partial charge in [0.15, 0.2) is 0 Å². The molecule has 0 saturated carbocycles. The van der Waals surface area contributed by atoms with Crippen molar-refractivity contribution in [3.8, 4) is 0 Å². The quantitative estimate of drug-likeness (QED) is 0.409. The van der Waals surface area contributed by atoms with E-state index in [1.54, 1.807) is 6.92 Å². The van der Waals surface area contributed by atoms with Crippen molar-refractivity contribution in [3.63, 3.8) is 0 Å². The zero-order valence-corrected chi connectivity index (χ0v) is 14.2. The van der Waals surface area contributed by atoms with E-state index in [4.69, 9.17) is 14.8 Å². The highest BCUT2D eigenvalue weighted by Gasteiger charge is 2.18. The number of amides is 1. The number of nitrogens with one attached hydrogen (secondary N) is 1. The van der Waals surface area contributed by atoms with E-state index < -0.39 is 28.0 Å². The Balaban J connectivity index is 0.000000697. The Hall–Kier alpha value is -2.72. The van der Waals surface area contributed by atoms with Crippen LogP contribution in [0.1, 0.15) is 39.6 Å². The van der Waals surface area contributed by atoms with Gasteiger partial charge in [-0.15, -0.1) is 0 Å². The first-order valence-electron chi connectivity index (χ1n) is 6.97. The topological polar surface area (TPSA) is 158 Å². The van der Waals surface area contributed by atoms with Gasteiger partial charge in [-0.2, -0.15) is 8.42 Å². The summed E-state index contributed by atoms with van der Waals surface area (Å²) in [5.74, 6) is -3.14. The molecule has 1 aromatic carbocycles. The zero-order valence-electron chi connectivity index (χ0n) is 13.4. The Morgan fingerprint density at radius 3 is 1.92 bits per heavy atom. The third kappa shape index (κ3) is 8.63. The SMILES string of the molecule is C=CC(=O)NCc1c(C(=O)O)cccc1C(=O)O.CCCS(=O)(=O)O. The standard InChI is InChI=1S/C12H11NO5.C3H8O3S/c1-2-10(14)13-6-9-7(11(15)16)4-3-5-8(9)12(17)18;1-2-3-7(4,5)6/h2-5H,1,6H2,(H,13,14)(H,15,16)(H,17,18);2-3H2,1H3,(H,4,5,6). The highest BCUT2D eigenvalue weighted by molar-refractivity contribution is 7.85. The van der Waals surface area contributed by atoms with Crippen LogP contribution in [0.4, 0.5) is 0 Å². The van der Waals surface area contributed by atoms with Crippen LogP contribution in [0, 0.1) is 0 Å².